The minimum absolute atomic E-state index is 0.275. The fourth-order valence-electron chi connectivity index (χ4n) is 6.52. The van der Waals surface area contributed by atoms with Crippen molar-refractivity contribution in [2.75, 3.05) is 26.4 Å². The predicted octanol–water partition coefficient (Wildman–Crippen LogP) is 2.99. The lowest BCUT2D eigenvalue weighted by Crippen LogP contribution is -2.61. The maximum Gasteiger partial charge on any atom is 0.231 e. The molecule has 6 aliphatic rings. The number of amides is 1. The Morgan fingerprint density at radius 2 is 1.74 bits per heavy atom. The molecule has 5 heteroatoms. The van der Waals surface area contributed by atoms with E-state index in [4.69, 9.17) is 9.47 Å². The van der Waals surface area contributed by atoms with Crippen LogP contribution in [0, 0.1) is 11.8 Å². The highest BCUT2D eigenvalue weighted by Gasteiger charge is 2.55. The molecule has 0 unspecified atom stereocenters. The topological polar surface area (TPSA) is 42.0 Å². The zero-order chi connectivity index (χ0) is 18.0. The van der Waals surface area contributed by atoms with E-state index >= 15 is 0 Å². The number of rotatable bonds is 2. The molecule has 0 N–H and O–H groups in total. The number of fused-ring (bicyclic) bond motifs is 3. The lowest BCUT2D eigenvalue weighted by atomic mass is 9.75. The highest BCUT2D eigenvalue weighted by atomic mass is 16.7. The molecule has 5 aliphatic heterocycles. The molecular weight excluding hydrogens is 340 g/mol. The van der Waals surface area contributed by atoms with Gasteiger partial charge in [0.25, 0.3) is 0 Å². The molecule has 1 saturated carbocycles. The number of carbonyl (C=O) groups excluding carboxylic acids is 1. The zero-order valence-corrected chi connectivity index (χ0v) is 15.8. The molecule has 1 amide bonds. The van der Waals surface area contributed by atoms with Gasteiger partial charge in [0.1, 0.15) is 0 Å². The Labute approximate surface area is 160 Å². The number of piperidine rings is 3. The molecule has 4 saturated heterocycles. The summed E-state index contributed by atoms with van der Waals surface area (Å²) in [4.78, 5) is 18.4. The first-order valence-electron chi connectivity index (χ1n) is 10.7. The molecule has 2 bridgehead atoms. The number of nitrogens with zero attached hydrogens (tertiary/aromatic N) is 2. The van der Waals surface area contributed by atoms with E-state index in [1.165, 1.54) is 44.3 Å². The van der Waals surface area contributed by atoms with Gasteiger partial charge in [-0.2, -0.15) is 0 Å². The van der Waals surface area contributed by atoms with Gasteiger partial charge in [-0.3, -0.25) is 9.69 Å². The third-order valence-corrected chi connectivity index (χ3v) is 7.81. The molecule has 27 heavy (non-hydrogen) atoms. The van der Waals surface area contributed by atoms with Crippen molar-refractivity contribution < 1.29 is 14.3 Å². The summed E-state index contributed by atoms with van der Waals surface area (Å²) in [7, 11) is 0. The van der Waals surface area contributed by atoms with Crippen LogP contribution >= 0.6 is 0 Å². The number of ether oxygens (including phenoxy) is 2. The van der Waals surface area contributed by atoms with Crippen LogP contribution in [-0.2, 0) is 4.79 Å². The Bertz CT molecular complexity index is 752. The Hall–Kier alpha value is -1.75. The van der Waals surface area contributed by atoms with Crippen molar-refractivity contribution in [3.8, 4) is 11.5 Å². The van der Waals surface area contributed by atoms with Gasteiger partial charge < -0.3 is 14.4 Å². The minimum atomic E-state index is 0.275. The first-order valence-corrected chi connectivity index (χ1v) is 10.7. The molecule has 7 rings (SSSR count). The van der Waals surface area contributed by atoms with Gasteiger partial charge in [-0.05, 0) is 62.4 Å². The molecule has 0 radical (unpaired) electrons. The van der Waals surface area contributed by atoms with E-state index in [1.807, 2.05) is 6.07 Å². The fourth-order valence-corrected chi connectivity index (χ4v) is 6.52. The zero-order valence-electron chi connectivity index (χ0n) is 15.8. The molecule has 144 valence electrons. The number of likely N-dealkylation sites (tertiary alicyclic amines) is 1. The number of benzene rings is 1. The largest absolute Gasteiger partial charge is 0.454 e. The van der Waals surface area contributed by atoms with Crippen LogP contribution in [0.5, 0.6) is 11.5 Å². The van der Waals surface area contributed by atoms with E-state index in [-0.39, 0.29) is 5.92 Å². The van der Waals surface area contributed by atoms with Crippen LogP contribution < -0.4 is 9.47 Å². The summed E-state index contributed by atoms with van der Waals surface area (Å²) in [6.45, 7) is 3.57. The number of carbonyl (C=O) groups is 1. The molecule has 5 nitrogen and oxygen atoms in total. The van der Waals surface area contributed by atoms with Gasteiger partial charge in [-0.15, -0.1) is 0 Å². The van der Waals surface area contributed by atoms with Crippen molar-refractivity contribution in [3.63, 3.8) is 0 Å². The lowest BCUT2D eigenvalue weighted by molar-refractivity contribution is -0.140. The van der Waals surface area contributed by atoms with E-state index in [1.54, 1.807) is 0 Å². The van der Waals surface area contributed by atoms with Crippen molar-refractivity contribution in [2.45, 2.75) is 56.5 Å². The van der Waals surface area contributed by atoms with E-state index in [9.17, 15) is 4.79 Å². The van der Waals surface area contributed by atoms with Crippen molar-refractivity contribution >= 4 is 5.91 Å². The van der Waals surface area contributed by atoms with Crippen LogP contribution in [-0.4, -0.2) is 54.2 Å². The molecule has 0 aromatic heterocycles. The smallest absolute Gasteiger partial charge is 0.231 e. The second kappa shape index (κ2) is 6.13. The standard InChI is InChI=1S/C22H28N2O3/c25-22(15-3-1-2-4-15)24-12-17(16-5-6-18-19(11-16)27-13-26-18)21-20(24)14-7-9-23(21)10-8-14/h5-6,11,14-15,17,20-21H,1-4,7-10,12-13H2/t17-,20+,21+/m0/s1. The average Bonchev–Trinajstić information content (AvgIpc) is 3.47. The van der Waals surface area contributed by atoms with Gasteiger partial charge in [0.2, 0.25) is 12.7 Å². The van der Waals surface area contributed by atoms with E-state index in [2.05, 4.69) is 21.9 Å². The Kier molecular flexibility index (Phi) is 3.68. The summed E-state index contributed by atoms with van der Waals surface area (Å²) in [6, 6.07) is 7.29. The SMILES string of the molecule is O=C(C1CCCC1)N1C[C@@H](c2ccc3c(c2)OCO3)[C@@H]2[C@H]1C1CCN2CC1. The minimum Gasteiger partial charge on any atom is -0.454 e. The highest BCUT2D eigenvalue weighted by Crippen LogP contribution is 2.48. The second-order valence-corrected chi connectivity index (χ2v) is 9.05. The van der Waals surface area contributed by atoms with Crippen molar-refractivity contribution in [1.29, 1.82) is 0 Å². The van der Waals surface area contributed by atoms with Gasteiger partial charge in [-0.25, -0.2) is 0 Å². The molecule has 3 atom stereocenters. The van der Waals surface area contributed by atoms with Gasteiger partial charge >= 0.3 is 0 Å². The van der Waals surface area contributed by atoms with Crippen LogP contribution in [0.4, 0.5) is 0 Å². The maximum absolute atomic E-state index is 13.4. The Balaban J connectivity index is 1.35. The number of hydrogen-bond donors (Lipinski definition) is 0. The van der Waals surface area contributed by atoms with E-state index < -0.39 is 0 Å². The first-order chi connectivity index (χ1) is 13.3. The summed E-state index contributed by atoms with van der Waals surface area (Å²) in [5.74, 6) is 3.50. The molecule has 0 spiro atoms. The lowest BCUT2D eigenvalue weighted by Gasteiger charge is -2.51. The van der Waals surface area contributed by atoms with Crippen LogP contribution in [0.3, 0.4) is 0 Å². The molecule has 1 aromatic carbocycles. The monoisotopic (exact) mass is 368 g/mol. The summed E-state index contributed by atoms with van der Waals surface area (Å²) in [5, 5.41) is 0. The van der Waals surface area contributed by atoms with E-state index in [0.29, 0.717) is 36.6 Å². The van der Waals surface area contributed by atoms with Gasteiger partial charge in [0, 0.05) is 24.4 Å². The van der Waals surface area contributed by atoms with Crippen LogP contribution in [0.25, 0.3) is 0 Å². The molecule has 5 heterocycles. The predicted molar refractivity (Wildman–Crippen MR) is 101 cm³/mol. The summed E-state index contributed by atoms with van der Waals surface area (Å²) >= 11 is 0. The van der Waals surface area contributed by atoms with Crippen LogP contribution in [0.2, 0.25) is 0 Å². The molecule has 1 aliphatic carbocycles. The molecular formula is C22H28N2O3. The third kappa shape index (κ3) is 2.43. The Morgan fingerprint density at radius 1 is 0.963 bits per heavy atom. The average molecular weight is 368 g/mol. The quantitative estimate of drug-likeness (QED) is 0.805. The van der Waals surface area contributed by atoms with Gasteiger partial charge in [0.05, 0.1) is 6.04 Å². The van der Waals surface area contributed by atoms with Crippen LogP contribution in [0.1, 0.15) is 50.0 Å². The fraction of sp³-hybridized carbons (Fsp3) is 0.682. The van der Waals surface area contributed by atoms with Gasteiger partial charge in [-0.1, -0.05) is 18.9 Å². The molecule has 1 aromatic rings. The second-order valence-electron chi connectivity index (χ2n) is 9.05. The number of hydrogen-bond acceptors (Lipinski definition) is 4. The molecule has 5 fully saturated rings. The van der Waals surface area contributed by atoms with Crippen LogP contribution in [0.15, 0.2) is 18.2 Å². The van der Waals surface area contributed by atoms with Crippen molar-refractivity contribution in [3.05, 3.63) is 23.8 Å². The van der Waals surface area contributed by atoms with Gasteiger partial charge in [0.15, 0.2) is 11.5 Å². The summed E-state index contributed by atoms with van der Waals surface area (Å²) in [6.07, 6.45) is 7.14. The van der Waals surface area contributed by atoms with E-state index in [0.717, 1.165) is 30.9 Å². The highest BCUT2D eigenvalue weighted by molar-refractivity contribution is 5.80. The maximum atomic E-state index is 13.4. The summed E-state index contributed by atoms with van der Waals surface area (Å²) < 4.78 is 11.1. The van der Waals surface area contributed by atoms with Crippen molar-refractivity contribution in [1.82, 2.24) is 9.80 Å². The van der Waals surface area contributed by atoms with Crippen molar-refractivity contribution in [2.24, 2.45) is 11.8 Å². The summed E-state index contributed by atoms with van der Waals surface area (Å²) in [5.41, 5.74) is 1.31. The Morgan fingerprint density at radius 3 is 2.56 bits per heavy atom. The first kappa shape index (κ1) is 16.2. The third-order valence-electron chi connectivity index (χ3n) is 7.81. The normalized spacial score (nSPS) is 37.0.